The van der Waals surface area contributed by atoms with Gasteiger partial charge in [-0.25, -0.2) is 4.98 Å². The molecular formula is C13H23N3OS. The molecule has 0 amide bonds. The lowest BCUT2D eigenvalue weighted by Crippen LogP contribution is -2.27. The second-order valence-corrected chi connectivity index (χ2v) is 5.64. The van der Waals surface area contributed by atoms with Crippen molar-refractivity contribution in [3.8, 4) is 0 Å². The number of anilines is 1. The Morgan fingerprint density at radius 2 is 2.33 bits per heavy atom. The van der Waals surface area contributed by atoms with Crippen molar-refractivity contribution in [1.82, 2.24) is 4.98 Å². The van der Waals surface area contributed by atoms with Crippen LogP contribution in [0.4, 0.5) is 5.13 Å². The largest absolute Gasteiger partial charge is 0.380 e. The van der Waals surface area contributed by atoms with E-state index in [1.165, 1.54) is 11.3 Å². The molecule has 0 saturated heterocycles. The number of nitrogens with zero attached hydrogens (tertiary/aromatic N) is 2. The Balaban J connectivity index is 2.06. The zero-order valence-electron chi connectivity index (χ0n) is 11.3. The molecule has 1 aliphatic carbocycles. The molecule has 0 fully saturated rings. The number of likely N-dealkylation sites (N-methyl/N-ethyl adjacent to an activating group) is 1. The van der Waals surface area contributed by atoms with Crippen LogP contribution in [0.25, 0.3) is 0 Å². The average molecular weight is 269 g/mol. The molecule has 0 spiro atoms. The van der Waals surface area contributed by atoms with Crippen molar-refractivity contribution in [2.24, 2.45) is 5.73 Å². The zero-order chi connectivity index (χ0) is 13.0. The van der Waals surface area contributed by atoms with Crippen LogP contribution in [-0.2, 0) is 11.2 Å². The molecule has 5 heteroatoms. The molecule has 2 N–H and O–H groups in total. The maximum atomic E-state index is 6.12. The van der Waals surface area contributed by atoms with Gasteiger partial charge in [0.25, 0.3) is 0 Å². The van der Waals surface area contributed by atoms with E-state index < -0.39 is 0 Å². The number of rotatable bonds is 6. The Morgan fingerprint density at radius 1 is 1.50 bits per heavy atom. The molecule has 1 aromatic rings. The summed E-state index contributed by atoms with van der Waals surface area (Å²) in [7, 11) is 0. The minimum atomic E-state index is 0.143. The van der Waals surface area contributed by atoms with Crippen LogP contribution in [0.2, 0.25) is 0 Å². The minimum Gasteiger partial charge on any atom is -0.380 e. The first kappa shape index (κ1) is 13.8. The van der Waals surface area contributed by atoms with Gasteiger partial charge in [-0.2, -0.15) is 0 Å². The van der Waals surface area contributed by atoms with Crippen LogP contribution in [0.15, 0.2) is 0 Å². The number of ether oxygens (including phenoxy) is 1. The van der Waals surface area contributed by atoms with Crippen molar-refractivity contribution in [3.63, 3.8) is 0 Å². The third kappa shape index (κ3) is 3.02. The van der Waals surface area contributed by atoms with Gasteiger partial charge >= 0.3 is 0 Å². The Morgan fingerprint density at radius 3 is 3.00 bits per heavy atom. The number of nitrogens with two attached hydrogens (primary N) is 1. The highest BCUT2D eigenvalue weighted by molar-refractivity contribution is 7.15. The molecule has 0 bridgehead atoms. The van der Waals surface area contributed by atoms with Gasteiger partial charge in [0.15, 0.2) is 5.13 Å². The van der Waals surface area contributed by atoms with Crippen molar-refractivity contribution in [3.05, 3.63) is 10.6 Å². The van der Waals surface area contributed by atoms with Crippen molar-refractivity contribution < 1.29 is 4.74 Å². The number of thiazole rings is 1. The summed E-state index contributed by atoms with van der Waals surface area (Å²) in [6.45, 7) is 7.60. The molecule has 102 valence electrons. The number of aryl methyl sites for hydroxylation is 1. The number of fused-ring (bicyclic) bond motifs is 1. The fourth-order valence-corrected chi connectivity index (χ4v) is 3.54. The van der Waals surface area contributed by atoms with E-state index in [0.717, 1.165) is 50.0 Å². The van der Waals surface area contributed by atoms with Gasteiger partial charge < -0.3 is 15.4 Å². The third-order valence-corrected chi connectivity index (χ3v) is 4.54. The zero-order valence-corrected chi connectivity index (χ0v) is 12.1. The molecule has 1 atom stereocenters. The molecule has 1 aromatic heterocycles. The van der Waals surface area contributed by atoms with E-state index in [1.807, 2.05) is 18.3 Å². The van der Waals surface area contributed by atoms with Gasteiger partial charge in [0.1, 0.15) is 0 Å². The predicted octanol–water partition coefficient (Wildman–Crippen LogP) is 2.34. The lowest BCUT2D eigenvalue weighted by molar-refractivity contribution is 0.154. The average Bonchev–Trinajstić information content (AvgIpc) is 2.80. The summed E-state index contributed by atoms with van der Waals surface area (Å²) in [6.07, 6.45) is 3.41. The van der Waals surface area contributed by atoms with E-state index in [9.17, 15) is 0 Å². The molecule has 0 saturated carbocycles. The highest BCUT2D eigenvalue weighted by atomic mass is 32.1. The SMILES string of the molecule is CCOCCN(CC)c1nc2c(s1)CCCC2N. The standard InChI is InChI=1S/C13H23N3OS/c1-3-16(8-9-17-4-2)13-15-12-10(14)6-5-7-11(12)18-13/h10H,3-9,14H2,1-2H3. The second kappa shape index (κ2) is 6.50. The lowest BCUT2D eigenvalue weighted by Gasteiger charge is -2.19. The molecular weight excluding hydrogens is 246 g/mol. The Hall–Kier alpha value is -0.650. The van der Waals surface area contributed by atoms with Crippen LogP contribution >= 0.6 is 11.3 Å². The Labute approximate surface area is 113 Å². The van der Waals surface area contributed by atoms with E-state index in [0.29, 0.717) is 0 Å². The van der Waals surface area contributed by atoms with E-state index in [4.69, 9.17) is 15.5 Å². The summed E-state index contributed by atoms with van der Waals surface area (Å²) in [6, 6.07) is 0.143. The van der Waals surface area contributed by atoms with Gasteiger partial charge in [-0.05, 0) is 33.1 Å². The van der Waals surface area contributed by atoms with Crippen molar-refractivity contribution in [1.29, 1.82) is 0 Å². The first-order chi connectivity index (χ1) is 8.76. The van der Waals surface area contributed by atoms with Crippen LogP contribution in [-0.4, -0.2) is 31.3 Å². The highest BCUT2D eigenvalue weighted by Gasteiger charge is 2.23. The number of hydrogen-bond donors (Lipinski definition) is 1. The lowest BCUT2D eigenvalue weighted by atomic mass is 9.99. The van der Waals surface area contributed by atoms with Gasteiger partial charge in [0, 0.05) is 30.6 Å². The van der Waals surface area contributed by atoms with Gasteiger partial charge in [-0.15, -0.1) is 11.3 Å². The molecule has 0 radical (unpaired) electrons. The highest BCUT2D eigenvalue weighted by Crippen LogP contribution is 2.35. The van der Waals surface area contributed by atoms with Crippen LogP contribution < -0.4 is 10.6 Å². The minimum absolute atomic E-state index is 0.143. The van der Waals surface area contributed by atoms with Gasteiger partial charge in [-0.1, -0.05) is 0 Å². The summed E-state index contributed by atoms with van der Waals surface area (Å²) in [4.78, 5) is 8.42. The molecule has 1 unspecified atom stereocenters. The first-order valence-corrected chi connectivity index (χ1v) is 7.65. The van der Waals surface area contributed by atoms with Crippen molar-refractivity contribution >= 4 is 16.5 Å². The van der Waals surface area contributed by atoms with Crippen LogP contribution in [0.3, 0.4) is 0 Å². The summed E-state index contributed by atoms with van der Waals surface area (Å²) in [5.74, 6) is 0. The Bertz CT molecular complexity index is 380. The molecule has 1 aliphatic rings. The van der Waals surface area contributed by atoms with E-state index in [2.05, 4.69) is 11.8 Å². The van der Waals surface area contributed by atoms with Gasteiger partial charge in [0.05, 0.1) is 12.3 Å². The van der Waals surface area contributed by atoms with Crippen molar-refractivity contribution in [2.45, 2.75) is 39.2 Å². The summed E-state index contributed by atoms with van der Waals surface area (Å²) >= 11 is 1.81. The normalized spacial score (nSPS) is 18.7. The third-order valence-electron chi connectivity index (χ3n) is 3.35. The number of aromatic nitrogens is 1. The molecule has 18 heavy (non-hydrogen) atoms. The van der Waals surface area contributed by atoms with Crippen LogP contribution in [0.5, 0.6) is 0 Å². The van der Waals surface area contributed by atoms with Crippen molar-refractivity contribution in [2.75, 3.05) is 31.2 Å². The molecule has 1 heterocycles. The van der Waals surface area contributed by atoms with Crippen LogP contribution in [0, 0.1) is 0 Å². The van der Waals surface area contributed by atoms with E-state index in [1.54, 1.807) is 0 Å². The van der Waals surface area contributed by atoms with Gasteiger partial charge in [0.2, 0.25) is 0 Å². The monoisotopic (exact) mass is 269 g/mol. The Kier molecular flexibility index (Phi) is 4.97. The topological polar surface area (TPSA) is 51.4 Å². The smallest absolute Gasteiger partial charge is 0.185 e. The summed E-state index contributed by atoms with van der Waals surface area (Å²) < 4.78 is 5.42. The van der Waals surface area contributed by atoms with Gasteiger partial charge in [-0.3, -0.25) is 0 Å². The van der Waals surface area contributed by atoms with E-state index in [-0.39, 0.29) is 6.04 Å². The molecule has 0 aliphatic heterocycles. The quantitative estimate of drug-likeness (QED) is 0.805. The molecule has 2 rings (SSSR count). The second-order valence-electron chi connectivity index (χ2n) is 4.58. The van der Waals surface area contributed by atoms with E-state index >= 15 is 0 Å². The predicted molar refractivity (Wildman–Crippen MR) is 76.4 cm³/mol. The summed E-state index contributed by atoms with van der Waals surface area (Å²) in [5, 5.41) is 1.11. The maximum absolute atomic E-state index is 6.12. The fourth-order valence-electron chi connectivity index (χ4n) is 2.28. The fraction of sp³-hybridized carbons (Fsp3) is 0.769. The molecule has 0 aromatic carbocycles. The first-order valence-electron chi connectivity index (χ1n) is 6.84. The summed E-state index contributed by atoms with van der Waals surface area (Å²) in [5.41, 5.74) is 7.26. The van der Waals surface area contributed by atoms with Crippen LogP contribution in [0.1, 0.15) is 43.3 Å². The number of hydrogen-bond acceptors (Lipinski definition) is 5. The maximum Gasteiger partial charge on any atom is 0.185 e. The molecule has 4 nitrogen and oxygen atoms in total.